The van der Waals surface area contributed by atoms with Crippen LogP contribution in [-0.2, 0) is 18.3 Å². The molecular formula is C22H26F3N7O2S. The molecule has 5 aliphatic rings. The van der Waals surface area contributed by atoms with Gasteiger partial charge in [0.1, 0.15) is 16.9 Å². The van der Waals surface area contributed by atoms with Crippen LogP contribution in [-0.4, -0.2) is 84.9 Å². The van der Waals surface area contributed by atoms with Gasteiger partial charge in [0, 0.05) is 55.5 Å². The minimum absolute atomic E-state index is 0.0837. The first kappa shape index (κ1) is 22.0. The monoisotopic (exact) mass is 509 g/mol. The number of carbonyl (C=O) groups excluding carboxylic acids is 1. The summed E-state index contributed by atoms with van der Waals surface area (Å²) in [6.07, 6.45) is 0.735. The fourth-order valence-electron chi connectivity index (χ4n) is 6.31. The van der Waals surface area contributed by atoms with E-state index in [0.717, 1.165) is 68.6 Å². The molecule has 0 aromatic carbocycles. The maximum absolute atomic E-state index is 12.9. The van der Waals surface area contributed by atoms with Crippen molar-refractivity contribution in [1.29, 1.82) is 0 Å². The van der Waals surface area contributed by atoms with Gasteiger partial charge in [-0.3, -0.25) is 4.90 Å². The van der Waals surface area contributed by atoms with Gasteiger partial charge in [0.2, 0.25) is 0 Å². The zero-order valence-electron chi connectivity index (χ0n) is 19.0. The Morgan fingerprint density at radius 3 is 2.34 bits per heavy atom. The summed E-state index contributed by atoms with van der Waals surface area (Å²) in [5.41, 5.74) is -1.36. The Balaban J connectivity index is 0.845. The summed E-state index contributed by atoms with van der Waals surface area (Å²) in [5.74, 6) is 0.530. The highest BCUT2D eigenvalue weighted by molar-refractivity contribution is 7.09. The van der Waals surface area contributed by atoms with Crippen LogP contribution in [0.15, 0.2) is 11.7 Å². The van der Waals surface area contributed by atoms with Crippen LogP contribution in [0.4, 0.5) is 18.0 Å². The summed E-state index contributed by atoms with van der Waals surface area (Å²) < 4.78 is 40.1. The van der Waals surface area contributed by atoms with E-state index in [1.54, 1.807) is 6.33 Å². The first-order valence-corrected chi connectivity index (χ1v) is 12.8. The summed E-state index contributed by atoms with van der Waals surface area (Å²) >= 11 is 1.05. The van der Waals surface area contributed by atoms with Crippen molar-refractivity contribution in [3.8, 4) is 0 Å². The quantitative estimate of drug-likeness (QED) is 0.681. The molecule has 0 bridgehead atoms. The fourth-order valence-corrected chi connectivity index (χ4v) is 7.15. The molecule has 2 saturated carbocycles. The lowest BCUT2D eigenvalue weighted by molar-refractivity contribution is -0.141. The Kier molecular flexibility index (Phi) is 4.36. The van der Waals surface area contributed by atoms with Gasteiger partial charge in [-0.25, -0.2) is 19.4 Å². The van der Waals surface area contributed by atoms with Crippen LogP contribution >= 0.6 is 11.3 Å². The van der Waals surface area contributed by atoms with Crippen molar-refractivity contribution in [3.63, 3.8) is 0 Å². The number of hydrogen-bond acceptors (Lipinski definition) is 7. The molecule has 1 N–H and O–H groups in total. The number of aromatic nitrogens is 4. The van der Waals surface area contributed by atoms with Gasteiger partial charge in [0.05, 0.1) is 12.6 Å². The molecule has 0 atom stereocenters. The van der Waals surface area contributed by atoms with E-state index in [1.807, 2.05) is 14.5 Å². The summed E-state index contributed by atoms with van der Waals surface area (Å²) in [6, 6.07) is 0.381. The Labute approximate surface area is 203 Å². The average molecular weight is 510 g/mol. The second-order valence-corrected chi connectivity index (χ2v) is 12.3. The van der Waals surface area contributed by atoms with Crippen LogP contribution in [0.3, 0.4) is 0 Å². The number of urea groups is 1. The molecule has 188 valence electrons. The molecule has 9 nitrogen and oxygen atoms in total. The van der Waals surface area contributed by atoms with Gasteiger partial charge >= 0.3 is 12.2 Å². The van der Waals surface area contributed by atoms with Crippen LogP contribution in [0.5, 0.6) is 0 Å². The summed E-state index contributed by atoms with van der Waals surface area (Å²) in [7, 11) is 0. The number of rotatable bonds is 4. The first-order chi connectivity index (χ1) is 16.5. The smallest absolute Gasteiger partial charge is 0.382 e. The molecule has 5 heterocycles. The number of likely N-dealkylation sites (tertiary alicyclic amines) is 3. The van der Waals surface area contributed by atoms with Crippen LogP contribution in [0.25, 0.3) is 0 Å². The topological polar surface area (TPSA) is 90.6 Å². The zero-order chi connectivity index (χ0) is 24.2. The molecule has 0 unspecified atom stereocenters. The lowest BCUT2D eigenvalue weighted by Gasteiger charge is -2.63. The van der Waals surface area contributed by atoms with Crippen molar-refractivity contribution in [3.05, 3.63) is 28.2 Å². The molecule has 35 heavy (non-hydrogen) atoms. The van der Waals surface area contributed by atoms with Crippen molar-refractivity contribution >= 4 is 17.4 Å². The fraction of sp³-hybridized carbons (Fsp3) is 0.727. The van der Waals surface area contributed by atoms with E-state index in [2.05, 4.69) is 20.0 Å². The molecule has 13 heteroatoms. The molecule has 2 aromatic rings. The number of halogens is 3. The van der Waals surface area contributed by atoms with Crippen molar-refractivity contribution in [2.45, 2.75) is 50.0 Å². The van der Waals surface area contributed by atoms with Crippen LogP contribution in [0, 0.1) is 10.8 Å². The van der Waals surface area contributed by atoms with E-state index >= 15 is 0 Å². The number of nitrogens with zero attached hydrogens (tertiary/aromatic N) is 7. The van der Waals surface area contributed by atoms with Crippen LogP contribution in [0.1, 0.15) is 48.3 Å². The first-order valence-electron chi connectivity index (χ1n) is 12.0. The Morgan fingerprint density at radius 1 is 1.09 bits per heavy atom. The van der Waals surface area contributed by atoms with Gasteiger partial charge in [-0.1, -0.05) is 0 Å². The lowest BCUT2D eigenvalue weighted by atomic mass is 9.60. The molecular weight excluding hydrogens is 483 g/mol. The number of alkyl halides is 3. The standard InChI is InChI=1S/C22H26F3N7O2S/c23-22(24,25)15-6-35-16(27-15)5-29-7-20(8-29)11-31(12-20)18(33)30-9-19(10-30)3-14(4-19)32-13-26-17(28-32)21(34)1-2-21/h6,13-14,34H,1-5,7-12H2. The van der Waals surface area contributed by atoms with Gasteiger partial charge in [0.25, 0.3) is 0 Å². The van der Waals surface area contributed by atoms with E-state index in [0.29, 0.717) is 30.5 Å². The SMILES string of the molecule is O=C(N1CC2(CC(n3cnc(C4(O)CC4)n3)C2)C1)N1CC2(CN(Cc3nc(C(F)(F)F)cs3)C2)C1. The van der Waals surface area contributed by atoms with E-state index in [1.165, 1.54) is 0 Å². The molecule has 5 fully saturated rings. The second kappa shape index (κ2) is 6.94. The maximum Gasteiger partial charge on any atom is 0.434 e. The lowest BCUT2D eigenvalue weighted by Crippen LogP contribution is -2.75. The third-order valence-corrected chi connectivity index (χ3v) is 9.16. The minimum atomic E-state index is -4.39. The molecule has 2 aliphatic carbocycles. The van der Waals surface area contributed by atoms with Crippen molar-refractivity contribution in [2.24, 2.45) is 10.8 Å². The van der Waals surface area contributed by atoms with E-state index in [9.17, 15) is 23.1 Å². The highest BCUT2D eigenvalue weighted by atomic mass is 32.1. The molecule has 7 rings (SSSR count). The van der Waals surface area contributed by atoms with Crippen LogP contribution in [0.2, 0.25) is 0 Å². The van der Waals surface area contributed by atoms with E-state index < -0.39 is 17.5 Å². The third kappa shape index (κ3) is 3.57. The maximum atomic E-state index is 12.9. The van der Waals surface area contributed by atoms with Crippen LogP contribution < -0.4 is 0 Å². The Morgan fingerprint density at radius 2 is 1.74 bits per heavy atom. The minimum Gasteiger partial charge on any atom is -0.382 e. The second-order valence-electron chi connectivity index (χ2n) is 11.4. The third-order valence-electron chi connectivity index (χ3n) is 8.32. The predicted octanol–water partition coefficient (Wildman–Crippen LogP) is 2.31. The molecule has 3 aliphatic heterocycles. The summed E-state index contributed by atoms with van der Waals surface area (Å²) in [5, 5.41) is 16.2. The molecule has 3 saturated heterocycles. The van der Waals surface area contributed by atoms with Gasteiger partial charge < -0.3 is 14.9 Å². The number of hydrogen-bond donors (Lipinski definition) is 1. The van der Waals surface area contributed by atoms with E-state index in [4.69, 9.17) is 0 Å². The normalized spacial score (nSPS) is 26.3. The average Bonchev–Trinajstić information content (AvgIpc) is 3.10. The van der Waals surface area contributed by atoms with Crippen molar-refractivity contribution in [1.82, 2.24) is 34.4 Å². The summed E-state index contributed by atoms with van der Waals surface area (Å²) in [4.78, 5) is 26.8. The number of thiazole rings is 1. The molecule has 2 aromatic heterocycles. The van der Waals surface area contributed by atoms with Crippen molar-refractivity contribution in [2.75, 3.05) is 39.3 Å². The van der Waals surface area contributed by atoms with Gasteiger partial charge in [-0.2, -0.15) is 18.3 Å². The highest BCUT2D eigenvalue weighted by Gasteiger charge is 2.58. The van der Waals surface area contributed by atoms with Gasteiger partial charge in [-0.05, 0) is 25.7 Å². The van der Waals surface area contributed by atoms with Crippen molar-refractivity contribution < 1.29 is 23.1 Å². The number of amides is 2. The summed E-state index contributed by atoms with van der Waals surface area (Å²) in [6.45, 7) is 4.98. The predicted molar refractivity (Wildman–Crippen MR) is 117 cm³/mol. The highest BCUT2D eigenvalue weighted by Crippen LogP contribution is 2.55. The molecule has 0 radical (unpaired) electrons. The number of aliphatic hydroxyl groups is 1. The Hall–Kier alpha value is -2.25. The van der Waals surface area contributed by atoms with Gasteiger partial charge in [-0.15, -0.1) is 11.3 Å². The molecule has 2 amide bonds. The zero-order valence-corrected chi connectivity index (χ0v) is 19.9. The van der Waals surface area contributed by atoms with E-state index in [-0.39, 0.29) is 22.9 Å². The van der Waals surface area contributed by atoms with Gasteiger partial charge in [0.15, 0.2) is 11.5 Å². The molecule has 2 spiro atoms. The largest absolute Gasteiger partial charge is 0.434 e. The number of carbonyl (C=O) groups is 1. The Bertz CT molecular complexity index is 1160.